The minimum absolute atomic E-state index is 0.199. The minimum atomic E-state index is -4.04. The van der Waals surface area contributed by atoms with E-state index in [9.17, 15) is 18.3 Å². The van der Waals surface area contributed by atoms with Gasteiger partial charge in [0.2, 0.25) is 0 Å². The van der Waals surface area contributed by atoms with Crippen LogP contribution in [0.3, 0.4) is 0 Å². The molecule has 6 heteroatoms. The first-order chi connectivity index (χ1) is 18.4. The number of aromatic hydroxyl groups is 1. The van der Waals surface area contributed by atoms with Gasteiger partial charge in [0.05, 0.1) is 6.61 Å². The summed E-state index contributed by atoms with van der Waals surface area (Å²) in [6.45, 7) is 0.623. The largest absolute Gasteiger partial charge is 0.508 e. The first kappa shape index (κ1) is 28.2. The molecule has 38 heavy (non-hydrogen) atoms. The Morgan fingerprint density at radius 2 is 1.55 bits per heavy atom. The Morgan fingerprint density at radius 1 is 0.789 bits per heavy atom. The average Bonchev–Trinajstić information content (AvgIpc) is 3.09. The lowest BCUT2D eigenvalue weighted by Gasteiger charge is -2.17. The van der Waals surface area contributed by atoms with Gasteiger partial charge in [-0.15, -0.1) is 0 Å². The first-order valence-corrected chi connectivity index (χ1v) is 14.5. The van der Waals surface area contributed by atoms with Crippen molar-refractivity contribution in [3.8, 4) is 11.5 Å². The lowest BCUT2D eigenvalue weighted by Crippen LogP contribution is -2.07. The molecule has 0 heterocycles. The molecule has 0 saturated heterocycles. The molecule has 4 rings (SSSR count). The summed E-state index contributed by atoms with van der Waals surface area (Å²) in [4.78, 5) is 0. The van der Waals surface area contributed by atoms with E-state index in [1.807, 2.05) is 30.3 Å². The molecule has 0 atom stereocenters. The Balaban J connectivity index is 1.35. The van der Waals surface area contributed by atoms with Crippen molar-refractivity contribution in [2.75, 3.05) is 18.1 Å². The van der Waals surface area contributed by atoms with Gasteiger partial charge in [0.15, 0.2) is 0 Å². The third-order valence-corrected chi connectivity index (χ3v) is 7.90. The molecule has 0 amide bonds. The number of allylic oxidation sites excluding steroid dienone is 1. The molecule has 2 nitrogen and oxygen atoms in total. The minimum Gasteiger partial charge on any atom is -0.508 e. The number of phenols is 1. The molecule has 1 aliphatic rings. The predicted molar refractivity (Wildman–Crippen MR) is 152 cm³/mol. The van der Waals surface area contributed by atoms with Crippen LogP contribution in [0.15, 0.2) is 72.8 Å². The maximum absolute atomic E-state index is 12.2. The highest BCUT2D eigenvalue weighted by atomic mass is 32.2. The van der Waals surface area contributed by atoms with Gasteiger partial charge in [0.25, 0.3) is 0 Å². The van der Waals surface area contributed by atoms with Crippen LogP contribution in [0.25, 0.3) is 11.1 Å². The number of alkyl halides is 3. The second kappa shape index (κ2) is 13.8. The lowest BCUT2D eigenvalue weighted by molar-refractivity contribution is -0.134. The summed E-state index contributed by atoms with van der Waals surface area (Å²) >= 11 is 1.60. The Morgan fingerprint density at radius 3 is 2.32 bits per heavy atom. The normalized spacial score (nSPS) is 13.8. The number of halogens is 3. The van der Waals surface area contributed by atoms with E-state index in [2.05, 4.69) is 36.4 Å². The highest BCUT2D eigenvalue weighted by molar-refractivity contribution is 7.99. The molecule has 1 aliphatic carbocycles. The molecule has 0 aliphatic heterocycles. The number of aryl methyl sites for hydroxylation is 1. The van der Waals surface area contributed by atoms with Gasteiger partial charge in [0, 0.05) is 6.42 Å². The lowest BCUT2D eigenvalue weighted by atomic mass is 9.88. The molecule has 1 N–H and O–H groups in total. The summed E-state index contributed by atoms with van der Waals surface area (Å²) in [5.41, 5.74) is 7.23. The van der Waals surface area contributed by atoms with E-state index < -0.39 is 12.6 Å². The monoisotopic (exact) mass is 540 g/mol. The quantitative estimate of drug-likeness (QED) is 0.232. The number of benzene rings is 3. The van der Waals surface area contributed by atoms with Crippen molar-refractivity contribution >= 4 is 22.9 Å². The van der Waals surface area contributed by atoms with Crippen molar-refractivity contribution in [2.45, 2.75) is 57.5 Å². The molecular weight excluding hydrogens is 505 g/mol. The molecule has 0 aromatic heterocycles. The fourth-order valence-electron chi connectivity index (χ4n) is 4.90. The number of unbranched alkanes of at least 4 members (excludes halogenated alkanes) is 2. The molecule has 3 aromatic rings. The molecule has 0 radical (unpaired) electrons. The van der Waals surface area contributed by atoms with Gasteiger partial charge in [-0.1, -0.05) is 48.5 Å². The predicted octanol–water partition coefficient (Wildman–Crippen LogP) is 9.31. The van der Waals surface area contributed by atoms with Crippen LogP contribution in [0, 0.1) is 0 Å². The van der Waals surface area contributed by atoms with Gasteiger partial charge in [0.1, 0.15) is 11.5 Å². The zero-order valence-corrected chi connectivity index (χ0v) is 22.4. The van der Waals surface area contributed by atoms with E-state index in [0.717, 1.165) is 55.6 Å². The molecule has 0 fully saturated rings. The molecule has 0 unspecified atom stereocenters. The zero-order valence-electron chi connectivity index (χ0n) is 21.6. The number of hydrogen-bond donors (Lipinski definition) is 1. The fourth-order valence-corrected chi connectivity index (χ4v) is 5.86. The van der Waals surface area contributed by atoms with Crippen LogP contribution in [0.1, 0.15) is 67.2 Å². The number of rotatable bonds is 12. The Bertz CT molecular complexity index is 1190. The van der Waals surface area contributed by atoms with E-state index in [-0.39, 0.29) is 6.42 Å². The van der Waals surface area contributed by atoms with Crippen LogP contribution >= 0.6 is 11.8 Å². The molecule has 0 spiro atoms. The summed E-state index contributed by atoms with van der Waals surface area (Å²) in [6, 6.07) is 24.5. The SMILES string of the molecule is Oc1ccc2c(c1)CCCC(c1ccccc1)=C2c1ccc(OCCCCCSCCCC(F)(F)F)cc1. The van der Waals surface area contributed by atoms with E-state index in [4.69, 9.17) is 4.74 Å². The summed E-state index contributed by atoms with van der Waals surface area (Å²) < 4.78 is 42.5. The topological polar surface area (TPSA) is 29.5 Å². The Kier molecular flexibility index (Phi) is 10.2. The van der Waals surface area contributed by atoms with E-state index in [1.54, 1.807) is 17.8 Å². The van der Waals surface area contributed by atoms with E-state index >= 15 is 0 Å². The van der Waals surface area contributed by atoms with Crippen LogP contribution in [0.4, 0.5) is 13.2 Å². The zero-order chi connectivity index (χ0) is 26.8. The maximum atomic E-state index is 12.2. The van der Waals surface area contributed by atoms with Gasteiger partial charge < -0.3 is 9.84 Å². The molecule has 0 saturated carbocycles. The van der Waals surface area contributed by atoms with E-state index in [1.165, 1.54) is 27.8 Å². The summed E-state index contributed by atoms with van der Waals surface area (Å²) in [6.07, 6.45) is 1.30. The highest BCUT2D eigenvalue weighted by Gasteiger charge is 2.25. The fraction of sp³-hybridized carbons (Fsp3) is 0.375. The molecule has 202 valence electrons. The third-order valence-electron chi connectivity index (χ3n) is 6.75. The molecule has 0 bridgehead atoms. The van der Waals surface area contributed by atoms with Gasteiger partial charge in [-0.2, -0.15) is 24.9 Å². The standard InChI is InChI=1S/C32H35F3O2S/c33-32(34,35)19-8-22-38-21-6-2-5-20-37-28-16-13-25(14-17-28)31-29(24-9-3-1-4-10-24)12-7-11-26-23-27(36)15-18-30(26)31/h1,3-4,9-10,13-18,23,36H,2,5-8,11-12,19-22H2. The Labute approximate surface area is 227 Å². The van der Waals surface area contributed by atoms with Gasteiger partial charge in [-0.3, -0.25) is 0 Å². The summed E-state index contributed by atoms with van der Waals surface area (Å²) in [7, 11) is 0. The van der Waals surface area contributed by atoms with Crippen molar-refractivity contribution in [3.05, 3.63) is 95.1 Å². The van der Waals surface area contributed by atoms with Crippen LogP contribution in [-0.2, 0) is 6.42 Å². The second-order valence-corrected chi connectivity index (χ2v) is 10.9. The second-order valence-electron chi connectivity index (χ2n) is 9.68. The third kappa shape index (κ3) is 8.32. The average molecular weight is 541 g/mol. The van der Waals surface area contributed by atoms with Crippen molar-refractivity contribution in [2.24, 2.45) is 0 Å². The van der Waals surface area contributed by atoms with Crippen molar-refractivity contribution in [3.63, 3.8) is 0 Å². The van der Waals surface area contributed by atoms with Crippen LogP contribution < -0.4 is 4.74 Å². The molecule has 3 aromatic carbocycles. The smallest absolute Gasteiger partial charge is 0.389 e. The van der Waals surface area contributed by atoms with Gasteiger partial charge >= 0.3 is 6.18 Å². The highest BCUT2D eigenvalue weighted by Crippen LogP contribution is 2.41. The van der Waals surface area contributed by atoms with Crippen LogP contribution in [0.2, 0.25) is 0 Å². The summed E-state index contributed by atoms with van der Waals surface area (Å²) in [5, 5.41) is 10.1. The van der Waals surface area contributed by atoms with Crippen molar-refractivity contribution < 1.29 is 23.0 Å². The number of phenolic OH excluding ortho intramolecular Hbond substituents is 1. The number of ether oxygens (including phenoxy) is 1. The Hall–Kier alpha value is -2.86. The molecular formula is C32H35F3O2S. The number of hydrogen-bond acceptors (Lipinski definition) is 3. The van der Waals surface area contributed by atoms with E-state index in [0.29, 0.717) is 18.1 Å². The maximum Gasteiger partial charge on any atom is 0.389 e. The number of fused-ring (bicyclic) bond motifs is 1. The van der Waals surface area contributed by atoms with Crippen molar-refractivity contribution in [1.29, 1.82) is 0 Å². The van der Waals surface area contributed by atoms with Crippen LogP contribution in [0.5, 0.6) is 11.5 Å². The number of thioether (sulfide) groups is 1. The van der Waals surface area contributed by atoms with Crippen LogP contribution in [-0.4, -0.2) is 29.4 Å². The first-order valence-electron chi connectivity index (χ1n) is 13.4. The van der Waals surface area contributed by atoms with Gasteiger partial charge in [-0.25, -0.2) is 0 Å². The van der Waals surface area contributed by atoms with Crippen molar-refractivity contribution in [1.82, 2.24) is 0 Å². The van der Waals surface area contributed by atoms with Gasteiger partial charge in [-0.05, 0) is 114 Å². The summed E-state index contributed by atoms with van der Waals surface area (Å²) in [5.74, 6) is 2.59.